The molecule has 1 amide bonds. The zero-order chi connectivity index (χ0) is 22.5. The molecule has 2 aliphatic heterocycles. The first kappa shape index (κ1) is 20.5. The van der Waals surface area contributed by atoms with E-state index in [1.54, 1.807) is 42.5 Å². The molecule has 1 aromatic heterocycles. The van der Waals surface area contributed by atoms with Crippen LogP contribution in [0, 0.1) is 0 Å². The molecule has 166 valence electrons. The maximum Gasteiger partial charge on any atom is 0.410 e. The predicted molar refractivity (Wildman–Crippen MR) is 110 cm³/mol. The lowest BCUT2D eigenvalue weighted by molar-refractivity contribution is -0.173. The summed E-state index contributed by atoms with van der Waals surface area (Å²) in [6, 6.07) is 10.1. The number of carbonyl (C=O) groups is 1. The maximum absolute atomic E-state index is 13.9. The van der Waals surface area contributed by atoms with E-state index in [0.717, 1.165) is 4.68 Å². The molecule has 7 nitrogen and oxygen atoms in total. The van der Waals surface area contributed by atoms with Crippen LogP contribution < -0.4 is 20.1 Å². The van der Waals surface area contributed by atoms with Crippen LogP contribution in [-0.2, 0) is 0 Å². The molecule has 0 saturated carbocycles. The smallest absolute Gasteiger partial charge is 0.410 e. The van der Waals surface area contributed by atoms with Gasteiger partial charge in [-0.1, -0.05) is 17.7 Å². The van der Waals surface area contributed by atoms with Crippen LogP contribution in [0.2, 0.25) is 5.02 Å². The number of alkyl halides is 3. The van der Waals surface area contributed by atoms with E-state index in [4.69, 9.17) is 21.1 Å². The minimum absolute atomic E-state index is 0.0704. The van der Waals surface area contributed by atoms with E-state index in [-0.39, 0.29) is 24.7 Å². The fraction of sp³-hybridized carbons (Fsp3) is 0.238. The first-order valence-electron chi connectivity index (χ1n) is 9.67. The number of nitrogens with zero attached hydrogens (tertiary/aromatic N) is 2. The molecule has 32 heavy (non-hydrogen) atoms. The van der Waals surface area contributed by atoms with Crippen LogP contribution >= 0.6 is 11.6 Å². The Labute approximate surface area is 185 Å². The minimum Gasteiger partial charge on any atom is -0.454 e. The summed E-state index contributed by atoms with van der Waals surface area (Å²) in [4.78, 5) is 12.6. The zero-order valence-corrected chi connectivity index (χ0v) is 17.1. The lowest BCUT2D eigenvalue weighted by atomic mass is 9.96. The van der Waals surface area contributed by atoms with E-state index in [1.165, 1.54) is 6.07 Å². The lowest BCUT2D eigenvalue weighted by Crippen LogP contribution is -2.35. The number of carbonyl (C=O) groups excluding carboxylic acids is 1. The van der Waals surface area contributed by atoms with Crippen molar-refractivity contribution >= 4 is 29.0 Å². The Morgan fingerprint density at radius 2 is 1.88 bits per heavy atom. The average Bonchev–Trinajstić information content (AvgIpc) is 3.40. The summed E-state index contributed by atoms with van der Waals surface area (Å²) in [5.74, 6) is 0.497. The highest BCUT2D eigenvalue weighted by atomic mass is 35.5. The molecular formula is C21H16ClF3N4O3. The van der Waals surface area contributed by atoms with Crippen molar-refractivity contribution in [2.75, 3.05) is 17.4 Å². The number of benzene rings is 2. The Hall–Kier alpha value is -3.40. The van der Waals surface area contributed by atoms with Gasteiger partial charge in [0.25, 0.3) is 5.91 Å². The third-order valence-electron chi connectivity index (χ3n) is 5.32. The van der Waals surface area contributed by atoms with Gasteiger partial charge >= 0.3 is 6.18 Å². The van der Waals surface area contributed by atoms with Gasteiger partial charge in [-0.2, -0.15) is 18.3 Å². The minimum atomic E-state index is -4.55. The van der Waals surface area contributed by atoms with Gasteiger partial charge in [-0.15, -0.1) is 0 Å². The van der Waals surface area contributed by atoms with Gasteiger partial charge in [-0.3, -0.25) is 4.79 Å². The van der Waals surface area contributed by atoms with E-state index in [1.807, 2.05) is 0 Å². The Morgan fingerprint density at radius 3 is 2.62 bits per heavy atom. The molecule has 0 spiro atoms. The Balaban J connectivity index is 1.44. The highest BCUT2D eigenvalue weighted by Gasteiger charge is 2.47. The van der Waals surface area contributed by atoms with Crippen molar-refractivity contribution in [2.24, 2.45) is 0 Å². The van der Waals surface area contributed by atoms with E-state index in [2.05, 4.69) is 15.7 Å². The van der Waals surface area contributed by atoms with Crippen LogP contribution in [0.1, 0.15) is 34.6 Å². The predicted octanol–water partition coefficient (Wildman–Crippen LogP) is 5.18. The van der Waals surface area contributed by atoms with Gasteiger partial charge in [-0.05, 0) is 42.0 Å². The number of rotatable bonds is 3. The molecular weight excluding hydrogens is 449 g/mol. The van der Waals surface area contributed by atoms with E-state index in [0.29, 0.717) is 27.8 Å². The van der Waals surface area contributed by atoms with E-state index >= 15 is 0 Å². The van der Waals surface area contributed by atoms with Gasteiger partial charge in [0.1, 0.15) is 5.82 Å². The topological polar surface area (TPSA) is 77.4 Å². The van der Waals surface area contributed by atoms with Gasteiger partial charge in [0.15, 0.2) is 23.2 Å². The van der Waals surface area contributed by atoms with Crippen molar-refractivity contribution in [2.45, 2.75) is 24.7 Å². The number of amides is 1. The molecule has 0 unspecified atom stereocenters. The summed E-state index contributed by atoms with van der Waals surface area (Å²) >= 11 is 5.83. The third kappa shape index (κ3) is 3.81. The molecule has 11 heteroatoms. The second kappa shape index (κ2) is 7.63. The Bertz CT molecular complexity index is 1180. The van der Waals surface area contributed by atoms with Gasteiger partial charge < -0.3 is 20.1 Å². The Morgan fingerprint density at radius 1 is 1.12 bits per heavy atom. The number of ether oxygens (including phenoxy) is 2. The normalized spacial score (nSPS) is 19.2. The molecule has 2 aromatic carbocycles. The van der Waals surface area contributed by atoms with Crippen molar-refractivity contribution in [3.63, 3.8) is 0 Å². The highest BCUT2D eigenvalue weighted by Crippen LogP contribution is 2.45. The first-order chi connectivity index (χ1) is 15.3. The number of hydrogen-bond donors (Lipinski definition) is 2. The zero-order valence-electron chi connectivity index (χ0n) is 16.3. The highest BCUT2D eigenvalue weighted by molar-refractivity contribution is 6.30. The number of nitrogens with one attached hydrogen (secondary N) is 2. The molecule has 3 aromatic rings. The molecule has 3 heterocycles. The molecule has 2 aliphatic rings. The quantitative estimate of drug-likeness (QED) is 0.558. The molecule has 2 N–H and O–H groups in total. The second-order valence-electron chi connectivity index (χ2n) is 7.42. The second-order valence-corrected chi connectivity index (χ2v) is 7.86. The van der Waals surface area contributed by atoms with Gasteiger partial charge in [-0.25, -0.2) is 4.68 Å². The summed E-state index contributed by atoms with van der Waals surface area (Å²) in [6.07, 6.45) is -4.85. The van der Waals surface area contributed by atoms with Crippen molar-refractivity contribution < 1.29 is 27.4 Å². The number of anilines is 2. The monoisotopic (exact) mass is 464 g/mol. The van der Waals surface area contributed by atoms with Crippen molar-refractivity contribution in [3.05, 3.63) is 64.8 Å². The summed E-state index contributed by atoms with van der Waals surface area (Å²) in [5.41, 5.74) is 0.926. The van der Waals surface area contributed by atoms with Crippen LogP contribution in [0.15, 0.2) is 48.5 Å². The SMILES string of the molecule is O=C(Nc1ccc(Cl)cc1)c1cc2n(n1)[C@H](C(F)(F)F)C[C@@H](c1ccc3c(c1)OCO3)N2. The fourth-order valence-corrected chi connectivity index (χ4v) is 3.89. The average molecular weight is 465 g/mol. The molecule has 0 fully saturated rings. The fourth-order valence-electron chi connectivity index (χ4n) is 3.76. The molecule has 0 saturated heterocycles. The van der Waals surface area contributed by atoms with Crippen molar-refractivity contribution in [1.29, 1.82) is 0 Å². The van der Waals surface area contributed by atoms with Gasteiger partial charge in [0.2, 0.25) is 6.79 Å². The largest absolute Gasteiger partial charge is 0.454 e. The van der Waals surface area contributed by atoms with Crippen LogP contribution in [0.3, 0.4) is 0 Å². The standard InChI is InChI=1S/C21H16ClF3N4O3/c22-12-2-4-13(5-3-12)26-20(30)15-9-19-27-14(8-18(21(23,24)25)29(19)28-15)11-1-6-16-17(7-11)32-10-31-16/h1-7,9,14,18,27H,8,10H2,(H,26,30)/t14-,18-/m0/s1. The van der Waals surface area contributed by atoms with Crippen LogP contribution in [0.5, 0.6) is 11.5 Å². The van der Waals surface area contributed by atoms with Gasteiger partial charge in [0, 0.05) is 23.2 Å². The molecule has 0 aliphatic carbocycles. The summed E-state index contributed by atoms with van der Waals surface area (Å²) in [7, 11) is 0. The molecule has 0 radical (unpaired) electrons. The number of hydrogen-bond acceptors (Lipinski definition) is 5. The van der Waals surface area contributed by atoms with Crippen LogP contribution in [-0.4, -0.2) is 28.7 Å². The lowest BCUT2D eigenvalue weighted by Gasteiger charge is -2.33. The van der Waals surface area contributed by atoms with Crippen molar-refractivity contribution in [3.8, 4) is 11.5 Å². The van der Waals surface area contributed by atoms with E-state index < -0.39 is 24.2 Å². The third-order valence-corrected chi connectivity index (χ3v) is 5.58. The number of aromatic nitrogens is 2. The maximum atomic E-state index is 13.9. The molecule has 2 atom stereocenters. The van der Waals surface area contributed by atoms with E-state index in [9.17, 15) is 18.0 Å². The van der Waals surface area contributed by atoms with Crippen LogP contribution in [0.25, 0.3) is 0 Å². The first-order valence-corrected chi connectivity index (χ1v) is 10.0. The van der Waals surface area contributed by atoms with Gasteiger partial charge in [0.05, 0.1) is 6.04 Å². The summed E-state index contributed by atoms with van der Waals surface area (Å²) in [6.45, 7) is 0.0704. The molecule has 5 rings (SSSR count). The molecule has 0 bridgehead atoms. The Kier molecular flexibility index (Phi) is 4.89. The summed E-state index contributed by atoms with van der Waals surface area (Å²) in [5, 5.41) is 10.1. The number of halogens is 4. The van der Waals surface area contributed by atoms with Crippen LogP contribution in [0.4, 0.5) is 24.7 Å². The number of fused-ring (bicyclic) bond motifs is 2. The van der Waals surface area contributed by atoms with Crippen molar-refractivity contribution in [1.82, 2.24) is 9.78 Å². The summed E-state index contributed by atoms with van der Waals surface area (Å²) < 4.78 is 53.1.